The van der Waals surface area contributed by atoms with Gasteiger partial charge in [0.1, 0.15) is 0 Å². The Hall–Kier alpha value is -2.69. The number of carbonyl (C=O) groups excluding carboxylic acids is 1. The van der Waals surface area contributed by atoms with E-state index in [9.17, 15) is 4.79 Å². The summed E-state index contributed by atoms with van der Waals surface area (Å²) < 4.78 is 0. The summed E-state index contributed by atoms with van der Waals surface area (Å²) >= 11 is 0. The molecule has 3 heterocycles. The molecule has 0 radical (unpaired) electrons. The van der Waals surface area contributed by atoms with E-state index in [4.69, 9.17) is 0 Å². The van der Waals surface area contributed by atoms with Crippen LogP contribution in [0.2, 0.25) is 0 Å². The van der Waals surface area contributed by atoms with Gasteiger partial charge in [0, 0.05) is 17.8 Å². The predicted molar refractivity (Wildman–Crippen MR) is 92.7 cm³/mol. The zero-order valence-corrected chi connectivity index (χ0v) is 13.7. The fourth-order valence-electron chi connectivity index (χ4n) is 3.53. The van der Waals surface area contributed by atoms with Crippen molar-refractivity contribution in [2.45, 2.75) is 32.2 Å². The number of hydrogen-bond donors (Lipinski definition) is 1. The van der Waals surface area contributed by atoms with Gasteiger partial charge in [0.15, 0.2) is 0 Å². The topological polar surface area (TPSA) is 61.9 Å². The Balaban J connectivity index is 1.69. The minimum Gasteiger partial charge on any atom is -0.357 e. The molecule has 4 rings (SSSR count). The van der Waals surface area contributed by atoms with Crippen LogP contribution in [-0.2, 0) is 0 Å². The van der Waals surface area contributed by atoms with Crippen molar-refractivity contribution >= 4 is 16.8 Å². The molecule has 0 saturated carbocycles. The van der Waals surface area contributed by atoms with Crippen molar-refractivity contribution in [1.82, 2.24) is 20.1 Å². The molecule has 1 unspecified atom stereocenters. The van der Waals surface area contributed by atoms with Gasteiger partial charge in [-0.25, -0.2) is 0 Å². The second-order valence-corrected chi connectivity index (χ2v) is 6.41. The zero-order chi connectivity index (χ0) is 16.5. The quantitative estimate of drug-likeness (QED) is 0.784. The van der Waals surface area contributed by atoms with Gasteiger partial charge in [0.05, 0.1) is 23.5 Å². The minimum absolute atomic E-state index is 0.0383. The van der Waals surface area contributed by atoms with Crippen LogP contribution in [0.1, 0.15) is 47.1 Å². The van der Waals surface area contributed by atoms with Gasteiger partial charge in [-0.05, 0) is 49.8 Å². The lowest BCUT2D eigenvalue weighted by Gasteiger charge is -2.35. The molecule has 2 aromatic heterocycles. The summed E-state index contributed by atoms with van der Waals surface area (Å²) in [4.78, 5) is 18.5. The van der Waals surface area contributed by atoms with Crippen molar-refractivity contribution in [3.63, 3.8) is 0 Å². The minimum atomic E-state index is 0.0383. The van der Waals surface area contributed by atoms with Crippen molar-refractivity contribution in [3.8, 4) is 0 Å². The molecule has 3 aromatic rings. The number of rotatable bonds is 2. The van der Waals surface area contributed by atoms with Crippen molar-refractivity contribution in [2.75, 3.05) is 6.54 Å². The smallest absolute Gasteiger partial charge is 0.256 e. The van der Waals surface area contributed by atoms with Crippen molar-refractivity contribution in [2.24, 2.45) is 0 Å². The number of para-hydroxylation sites is 1. The number of benzene rings is 1. The Morgan fingerprint density at radius 3 is 2.96 bits per heavy atom. The Morgan fingerprint density at radius 2 is 2.12 bits per heavy atom. The summed E-state index contributed by atoms with van der Waals surface area (Å²) in [7, 11) is 0. The molecule has 1 atom stereocenters. The third-order valence-electron chi connectivity index (χ3n) is 4.70. The predicted octanol–water partition coefficient (Wildman–Crippen LogP) is 3.63. The molecule has 24 heavy (non-hydrogen) atoms. The van der Waals surface area contributed by atoms with Crippen LogP contribution in [0.15, 0.2) is 42.6 Å². The summed E-state index contributed by atoms with van der Waals surface area (Å²) in [5.74, 6) is 0.0383. The van der Waals surface area contributed by atoms with E-state index in [-0.39, 0.29) is 11.9 Å². The number of piperidine rings is 1. The molecular formula is C19H20N4O. The van der Waals surface area contributed by atoms with Crippen LogP contribution in [-0.4, -0.2) is 32.5 Å². The molecule has 0 spiro atoms. The summed E-state index contributed by atoms with van der Waals surface area (Å²) in [6, 6.07) is 12.3. The number of amides is 1. The van der Waals surface area contributed by atoms with Gasteiger partial charge in [-0.15, -0.1) is 0 Å². The largest absolute Gasteiger partial charge is 0.357 e. The third kappa shape index (κ3) is 2.66. The average molecular weight is 320 g/mol. The van der Waals surface area contributed by atoms with Gasteiger partial charge >= 0.3 is 0 Å². The number of aromatic amines is 1. The lowest BCUT2D eigenvalue weighted by molar-refractivity contribution is 0.0606. The lowest BCUT2D eigenvalue weighted by atomic mass is 9.98. The number of likely N-dealkylation sites (tertiary alicyclic amines) is 1. The highest BCUT2D eigenvalue weighted by atomic mass is 16.2. The van der Waals surface area contributed by atoms with E-state index >= 15 is 0 Å². The molecule has 5 nitrogen and oxygen atoms in total. The van der Waals surface area contributed by atoms with Crippen LogP contribution in [0.5, 0.6) is 0 Å². The van der Waals surface area contributed by atoms with E-state index in [0.29, 0.717) is 5.56 Å². The molecule has 1 aliphatic rings. The SMILES string of the molecule is Cc1cc(C(=O)N2CCCCC2c2cc3ccccc3[nH]2)cnn1. The molecule has 1 aliphatic heterocycles. The zero-order valence-electron chi connectivity index (χ0n) is 13.7. The number of carbonyl (C=O) groups is 1. The van der Waals surface area contributed by atoms with E-state index in [1.807, 2.05) is 30.0 Å². The third-order valence-corrected chi connectivity index (χ3v) is 4.70. The molecule has 1 saturated heterocycles. The van der Waals surface area contributed by atoms with E-state index in [2.05, 4.69) is 33.4 Å². The molecule has 122 valence electrons. The van der Waals surface area contributed by atoms with Crippen LogP contribution >= 0.6 is 0 Å². The monoisotopic (exact) mass is 320 g/mol. The number of H-pyrrole nitrogens is 1. The number of aromatic nitrogens is 3. The van der Waals surface area contributed by atoms with Gasteiger partial charge in [-0.3, -0.25) is 4.79 Å². The molecule has 1 N–H and O–H groups in total. The molecule has 1 aromatic carbocycles. The first-order valence-corrected chi connectivity index (χ1v) is 8.40. The van der Waals surface area contributed by atoms with E-state index in [1.54, 1.807) is 6.20 Å². The second-order valence-electron chi connectivity index (χ2n) is 6.41. The van der Waals surface area contributed by atoms with Crippen molar-refractivity contribution in [3.05, 3.63) is 59.5 Å². The number of fused-ring (bicyclic) bond motifs is 1. The number of aryl methyl sites for hydroxylation is 1. The Morgan fingerprint density at radius 1 is 1.25 bits per heavy atom. The fraction of sp³-hybridized carbons (Fsp3) is 0.316. The Kier molecular flexibility index (Phi) is 3.76. The number of hydrogen-bond acceptors (Lipinski definition) is 3. The van der Waals surface area contributed by atoms with Gasteiger partial charge in [-0.1, -0.05) is 18.2 Å². The van der Waals surface area contributed by atoms with Crippen LogP contribution in [0.4, 0.5) is 0 Å². The first-order valence-electron chi connectivity index (χ1n) is 8.40. The van der Waals surface area contributed by atoms with Crippen LogP contribution in [0.25, 0.3) is 10.9 Å². The molecular weight excluding hydrogens is 300 g/mol. The fourth-order valence-corrected chi connectivity index (χ4v) is 3.53. The van der Waals surface area contributed by atoms with Gasteiger partial charge in [-0.2, -0.15) is 10.2 Å². The molecule has 0 aliphatic carbocycles. The van der Waals surface area contributed by atoms with Crippen molar-refractivity contribution in [1.29, 1.82) is 0 Å². The highest BCUT2D eigenvalue weighted by molar-refractivity contribution is 5.94. The van der Waals surface area contributed by atoms with Gasteiger partial charge < -0.3 is 9.88 Å². The van der Waals surface area contributed by atoms with Crippen molar-refractivity contribution < 1.29 is 4.79 Å². The van der Waals surface area contributed by atoms with E-state index < -0.39 is 0 Å². The standard InChI is InChI=1S/C19H20N4O/c1-13-10-15(12-20-22-13)19(24)23-9-5-4-8-18(23)17-11-14-6-2-3-7-16(14)21-17/h2-3,6-7,10-12,18,21H,4-5,8-9H2,1H3. The molecule has 1 fully saturated rings. The van der Waals surface area contributed by atoms with Crippen LogP contribution in [0, 0.1) is 6.92 Å². The number of nitrogens with one attached hydrogen (secondary N) is 1. The van der Waals surface area contributed by atoms with Crippen LogP contribution < -0.4 is 0 Å². The normalized spacial score (nSPS) is 18.0. The summed E-state index contributed by atoms with van der Waals surface area (Å²) in [6.07, 6.45) is 4.72. The van der Waals surface area contributed by atoms with E-state index in [1.165, 1.54) is 5.39 Å². The highest BCUT2D eigenvalue weighted by Gasteiger charge is 2.30. The Bertz CT molecular complexity index is 853. The summed E-state index contributed by atoms with van der Waals surface area (Å²) in [5, 5.41) is 9.06. The Labute approximate surface area is 140 Å². The lowest BCUT2D eigenvalue weighted by Crippen LogP contribution is -2.38. The molecule has 0 bridgehead atoms. The first kappa shape index (κ1) is 14.9. The average Bonchev–Trinajstić information content (AvgIpc) is 3.05. The number of nitrogens with zero attached hydrogens (tertiary/aromatic N) is 3. The maximum absolute atomic E-state index is 13.0. The summed E-state index contributed by atoms with van der Waals surface area (Å²) in [6.45, 7) is 2.63. The maximum atomic E-state index is 13.0. The van der Waals surface area contributed by atoms with Crippen LogP contribution in [0.3, 0.4) is 0 Å². The summed E-state index contributed by atoms with van der Waals surface area (Å²) in [5.41, 5.74) is 3.61. The molecule has 1 amide bonds. The van der Waals surface area contributed by atoms with Gasteiger partial charge in [0.25, 0.3) is 5.91 Å². The van der Waals surface area contributed by atoms with E-state index in [0.717, 1.165) is 42.7 Å². The maximum Gasteiger partial charge on any atom is 0.256 e. The molecule has 5 heteroatoms. The van der Waals surface area contributed by atoms with Gasteiger partial charge in [0.2, 0.25) is 0 Å². The first-order chi connectivity index (χ1) is 11.7. The second kappa shape index (κ2) is 6.07. The highest BCUT2D eigenvalue weighted by Crippen LogP contribution is 2.33.